The van der Waals surface area contributed by atoms with Crippen LogP contribution in [0.4, 0.5) is 5.69 Å². The van der Waals surface area contributed by atoms with Crippen molar-refractivity contribution in [1.29, 1.82) is 0 Å². The summed E-state index contributed by atoms with van der Waals surface area (Å²) in [4.78, 5) is 3.35. The van der Waals surface area contributed by atoms with Crippen molar-refractivity contribution < 1.29 is 0 Å². The van der Waals surface area contributed by atoms with Crippen molar-refractivity contribution in [3.05, 3.63) is 41.2 Å². The molecule has 1 aromatic carbocycles. The summed E-state index contributed by atoms with van der Waals surface area (Å²) >= 11 is 0. The van der Waals surface area contributed by atoms with Gasteiger partial charge in [0.05, 0.1) is 6.57 Å². The molecule has 0 aromatic heterocycles. The molecule has 0 radical (unpaired) electrons. The van der Waals surface area contributed by atoms with Gasteiger partial charge in [0.15, 0.2) is 5.69 Å². The molecule has 0 aliphatic carbocycles. The highest BCUT2D eigenvalue weighted by molar-refractivity contribution is 5.46. The maximum Gasteiger partial charge on any atom is 0.187 e. The van der Waals surface area contributed by atoms with E-state index in [4.69, 9.17) is 12.3 Å². The van der Waals surface area contributed by atoms with Crippen molar-refractivity contribution in [2.24, 2.45) is 5.73 Å². The van der Waals surface area contributed by atoms with E-state index in [0.717, 1.165) is 12.0 Å². The second-order valence-corrected chi connectivity index (χ2v) is 2.96. The number of nitrogens with two attached hydrogens (primary N) is 1. The van der Waals surface area contributed by atoms with Gasteiger partial charge in [0.25, 0.3) is 0 Å². The Morgan fingerprint density at radius 2 is 2.33 bits per heavy atom. The van der Waals surface area contributed by atoms with Crippen LogP contribution >= 0.6 is 0 Å². The lowest BCUT2D eigenvalue weighted by molar-refractivity contribution is 0.738. The molecular weight excluding hydrogens is 148 g/mol. The van der Waals surface area contributed by atoms with Crippen molar-refractivity contribution in [2.75, 3.05) is 0 Å². The minimum absolute atomic E-state index is 0.158. The average Bonchev–Trinajstić information content (AvgIpc) is 2.03. The number of hydrogen-bond acceptors (Lipinski definition) is 1. The first-order valence-corrected chi connectivity index (χ1v) is 3.94. The van der Waals surface area contributed by atoms with Gasteiger partial charge in [-0.1, -0.05) is 29.8 Å². The van der Waals surface area contributed by atoms with E-state index in [0.29, 0.717) is 5.69 Å². The molecule has 1 rings (SSSR count). The number of hydrogen-bond donors (Lipinski definition) is 1. The van der Waals surface area contributed by atoms with Crippen LogP contribution < -0.4 is 5.73 Å². The SMILES string of the molecule is [C-]#[N+]c1cccc(C[C@@H](C)N)c1. The van der Waals surface area contributed by atoms with E-state index in [1.807, 2.05) is 25.1 Å². The van der Waals surface area contributed by atoms with E-state index in [1.165, 1.54) is 0 Å². The Hall–Kier alpha value is -1.33. The normalized spacial score (nSPS) is 12.1. The number of nitrogens with zero attached hydrogens (tertiary/aromatic N) is 1. The van der Waals surface area contributed by atoms with E-state index < -0.39 is 0 Å². The van der Waals surface area contributed by atoms with E-state index in [1.54, 1.807) is 6.07 Å². The fourth-order valence-corrected chi connectivity index (χ4v) is 1.12. The van der Waals surface area contributed by atoms with E-state index >= 15 is 0 Å². The lowest BCUT2D eigenvalue weighted by Crippen LogP contribution is -2.17. The average molecular weight is 160 g/mol. The molecule has 2 N–H and O–H groups in total. The summed E-state index contributed by atoms with van der Waals surface area (Å²) in [6.45, 7) is 8.78. The smallest absolute Gasteiger partial charge is 0.187 e. The van der Waals surface area contributed by atoms with Crippen LogP contribution in [-0.2, 0) is 6.42 Å². The van der Waals surface area contributed by atoms with Crippen LogP contribution in [-0.4, -0.2) is 6.04 Å². The molecule has 0 unspecified atom stereocenters. The Morgan fingerprint density at radius 1 is 1.58 bits per heavy atom. The lowest BCUT2D eigenvalue weighted by Gasteiger charge is -2.04. The van der Waals surface area contributed by atoms with Crippen LogP contribution in [0.2, 0.25) is 0 Å². The van der Waals surface area contributed by atoms with E-state index in [9.17, 15) is 0 Å². The number of rotatable bonds is 2. The van der Waals surface area contributed by atoms with Crippen LogP contribution in [0.3, 0.4) is 0 Å². The van der Waals surface area contributed by atoms with Crippen LogP contribution in [0.25, 0.3) is 4.85 Å². The van der Waals surface area contributed by atoms with Gasteiger partial charge in [-0.05, 0) is 13.3 Å². The van der Waals surface area contributed by atoms with Gasteiger partial charge < -0.3 is 5.73 Å². The summed E-state index contributed by atoms with van der Waals surface area (Å²) in [5.41, 5.74) is 7.46. The van der Waals surface area contributed by atoms with Crippen molar-refractivity contribution >= 4 is 5.69 Å². The van der Waals surface area contributed by atoms with Crippen molar-refractivity contribution in [1.82, 2.24) is 0 Å². The molecule has 0 amide bonds. The van der Waals surface area contributed by atoms with Crippen molar-refractivity contribution in [2.45, 2.75) is 19.4 Å². The minimum atomic E-state index is 0.158. The van der Waals surface area contributed by atoms with E-state index in [2.05, 4.69) is 4.85 Å². The Kier molecular flexibility index (Phi) is 2.84. The summed E-state index contributed by atoms with van der Waals surface area (Å²) < 4.78 is 0. The maximum atomic E-state index is 6.82. The Labute approximate surface area is 72.8 Å². The summed E-state index contributed by atoms with van der Waals surface area (Å²) in [7, 11) is 0. The van der Waals surface area contributed by atoms with Crippen LogP contribution in [0.5, 0.6) is 0 Å². The molecule has 0 heterocycles. The highest BCUT2D eigenvalue weighted by Gasteiger charge is 1.98. The highest BCUT2D eigenvalue weighted by Crippen LogP contribution is 2.14. The van der Waals surface area contributed by atoms with Gasteiger partial charge in [-0.25, -0.2) is 4.85 Å². The zero-order valence-corrected chi connectivity index (χ0v) is 7.12. The predicted molar refractivity (Wildman–Crippen MR) is 50.1 cm³/mol. The first-order valence-electron chi connectivity index (χ1n) is 3.94. The van der Waals surface area contributed by atoms with Gasteiger partial charge >= 0.3 is 0 Å². The zero-order chi connectivity index (χ0) is 8.97. The van der Waals surface area contributed by atoms with Gasteiger partial charge in [0.2, 0.25) is 0 Å². The first kappa shape index (κ1) is 8.76. The van der Waals surface area contributed by atoms with Gasteiger partial charge in [-0.15, -0.1) is 0 Å². The van der Waals surface area contributed by atoms with Gasteiger partial charge in [0.1, 0.15) is 0 Å². The fraction of sp³-hybridized carbons (Fsp3) is 0.300. The quantitative estimate of drug-likeness (QED) is 0.660. The molecule has 1 aromatic rings. The summed E-state index contributed by atoms with van der Waals surface area (Å²) in [6, 6.07) is 7.74. The van der Waals surface area contributed by atoms with Gasteiger partial charge in [0, 0.05) is 6.04 Å². The molecule has 1 atom stereocenters. The molecule has 0 aliphatic heterocycles. The van der Waals surface area contributed by atoms with Gasteiger partial charge in [-0.2, -0.15) is 0 Å². The lowest BCUT2D eigenvalue weighted by atomic mass is 10.1. The largest absolute Gasteiger partial charge is 0.328 e. The predicted octanol–water partition coefficient (Wildman–Crippen LogP) is 2.13. The standard InChI is InChI=1S/C10H12N2/c1-8(11)6-9-4-3-5-10(7-9)12-2/h3-5,7-8H,6,11H2,1H3/t8-/m1/s1. The van der Waals surface area contributed by atoms with Crippen LogP contribution in [0.1, 0.15) is 12.5 Å². The number of benzene rings is 1. The Morgan fingerprint density at radius 3 is 2.92 bits per heavy atom. The van der Waals surface area contributed by atoms with Crippen molar-refractivity contribution in [3.63, 3.8) is 0 Å². The molecule has 2 heteroatoms. The third kappa shape index (κ3) is 2.37. The van der Waals surface area contributed by atoms with Crippen LogP contribution in [0.15, 0.2) is 24.3 Å². The van der Waals surface area contributed by atoms with Crippen LogP contribution in [0, 0.1) is 6.57 Å². The Bertz CT molecular complexity index is 297. The summed E-state index contributed by atoms with van der Waals surface area (Å²) in [6.07, 6.45) is 0.837. The monoisotopic (exact) mass is 160 g/mol. The highest BCUT2D eigenvalue weighted by atomic mass is 14.6. The summed E-state index contributed by atoms with van der Waals surface area (Å²) in [5.74, 6) is 0. The van der Waals surface area contributed by atoms with Crippen molar-refractivity contribution in [3.8, 4) is 0 Å². The molecular formula is C10H12N2. The third-order valence-corrected chi connectivity index (χ3v) is 1.60. The summed E-state index contributed by atoms with van der Waals surface area (Å²) in [5, 5.41) is 0. The second kappa shape index (κ2) is 3.89. The molecule has 0 bridgehead atoms. The molecule has 0 fully saturated rings. The zero-order valence-electron chi connectivity index (χ0n) is 7.12. The van der Waals surface area contributed by atoms with Gasteiger partial charge in [-0.3, -0.25) is 0 Å². The Balaban J connectivity index is 2.81. The molecule has 0 aliphatic rings. The molecule has 2 nitrogen and oxygen atoms in total. The second-order valence-electron chi connectivity index (χ2n) is 2.96. The fourth-order valence-electron chi connectivity index (χ4n) is 1.12. The van der Waals surface area contributed by atoms with E-state index in [-0.39, 0.29) is 6.04 Å². The third-order valence-electron chi connectivity index (χ3n) is 1.60. The molecule has 0 saturated heterocycles. The molecule has 12 heavy (non-hydrogen) atoms. The topological polar surface area (TPSA) is 30.4 Å². The molecule has 0 saturated carbocycles. The first-order chi connectivity index (χ1) is 5.72. The minimum Gasteiger partial charge on any atom is -0.328 e. The maximum absolute atomic E-state index is 6.82. The molecule has 62 valence electrons. The molecule has 0 spiro atoms.